The van der Waals surface area contributed by atoms with Gasteiger partial charge in [0, 0.05) is 19.8 Å². The minimum Gasteiger partial charge on any atom is -0.290 e. The zero-order valence-electron chi connectivity index (χ0n) is 15.0. The predicted molar refractivity (Wildman–Crippen MR) is 119 cm³/mol. The maximum Gasteiger partial charge on any atom is 0.263 e. The van der Waals surface area contributed by atoms with Crippen molar-refractivity contribution in [1.82, 2.24) is 4.90 Å². The molecule has 0 aromatic heterocycles. The Morgan fingerprint density at radius 3 is 1.97 bits per heavy atom. The van der Waals surface area contributed by atoms with Crippen molar-refractivity contribution in [3.8, 4) is 0 Å². The van der Waals surface area contributed by atoms with Crippen molar-refractivity contribution >= 4 is 57.6 Å². The summed E-state index contributed by atoms with van der Waals surface area (Å²) in [6.45, 7) is -0.186. The summed E-state index contributed by atoms with van der Waals surface area (Å²) in [6.07, 6.45) is 0. The molecule has 1 aliphatic heterocycles. The lowest BCUT2D eigenvalue weighted by Gasteiger charge is -2.27. The normalized spacial score (nSPS) is 12.8. The molecule has 0 unspecified atom stereocenters. The highest BCUT2D eigenvalue weighted by Gasteiger charge is 2.37. The second-order valence-electron chi connectivity index (χ2n) is 6.44. The Morgan fingerprint density at radius 1 is 0.862 bits per heavy atom. The number of halogens is 2. The Kier molecular flexibility index (Phi) is 5.38. The molecule has 3 amide bonds. The third kappa shape index (κ3) is 3.77. The molecule has 0 fully saturated rings. The number of carbonyl (C=O) groups is 3. The highest BCUT2D eigenvalue weighted by molar-refractivity contribution is 14.1. The maximum atomic E-state index is 13.2. The third-order valence-electron chi connectivity index (χ3n) is 4.64. The Hall–Kier alpha value is -2.71. The number of nitrogens with zero attached hydrogens (tertiary/aromatic N) is 2. The van der Waals surface area contributed by atoms with E-state index in [0.717, 1.165) is 8.47 Å². The van der Waals surface area contributed by atoms with Crippen LogP contribution in [-0.4, -0.2) is 29.3 Å². The van der Waals surface area contributed by atoms with Crippen LogP contribution in [0.2, 0.25) is 5.02 Å². The second-order valence-corrected chi connectivity index (χ2v) is 8.12. The number of anilines is 1. The van der Waals surface area contributed by atoms with E-state index in [4.69, 9.17) is 11.6 Å². The number of hydrogen-bond donors (Lipinski definition) is 0. The number of hydrogen-bond acceptors (Lipinski definition) is 3. The first-order valence-corrected chi connectivity index (χ1v) is 10.2. The minimum atomic E-state index is -0.412. The Labute approximate surface area is 186 Å². The lowest BCUT2D eigenvalue weighted by atomic mass is 10.1. The average molecular weight is 517 g/mol. The van der Waals surface area contributed by atoms with Crippen LogP contribution >= 0.6 is 34.2 Å². The topological polar surface area (TPSA) is 57.7 Å². The number of fused-ring (bicyclic) bond motifs is 1. The molecule has 3 aromatic carbocycles. The summed E-state index contributed by atoms with van der Waals surface area (Å²) in [5, 5.41) is 0.516. The second kappa shape index (κ2) is 7.96. The molecular formula is C22H14ClIN2O3. The molecule has 1 aliphatic rings. The zero-order valence-corrected chi connectivity index (χ0v) is 17.9. The lowest BCUT2D eigenvalue weighted by molar-refractivity contribution is 0.0650. The number of amides is 3. The first kappa shape index (κ1) is 19.6. The van der Waals surface area contributed by atoms with Crippen molar-refractivity contribution in [2.24, 2.45) is 0 Å². The molecule has 1 heterocycles. The van der Waals surface area contributed by atoms with Crippen LogP contribution in [0.4, 0.5) is 5.69 Å². The zero-order chi connectivity index (χ0) is 20.5. The summed E-state index contributed by atoms with van der Waals surface area (Å²) in [6, 6.07) is 20.4. The molecule has 0 saturated heterocycles. The molecule has 3 aromatic rings. The van der Waals surface area contributed by atoms with Gasteiger partial charge in [0.15, 0.2) is 0 Å². The van der Waals surface area contributed by atoms with Crippen LogP contribution in [0, 0.1) is 3.57 Å². The molecule has 29 heavy (non-hydrogen) atoms. The average Bonchev–Trinajstić information content (AvgIpc) is 2.98. The highest BCUT2D eigenvalue weighted by atomic mass is 127. The summed E-state index contributed by atoms with van der Waals surface area (Å²) in [5.74, 6) is -1.16. The molecule has 0 bridgehead atoms. The standard InChI is InChI=1S/C22H14ClIN2O3/c23-15-7-5-14(6-8-15)20(27)25(17-11-9-16(24)10-12-17)13-26-21(28)18-3-1-2-4-19(18)22(26)29/h1-12H,13H2. The van der Waals surface area contributed by atoms with Gasteiger partial charge in [0.05, 0.1) is 11.1 Å². The fourth-order valence-electron chi connectivity index (χ4n) is 3.14. The van der Waals surface area contributed by atoms with Crippen molar-refractivity contribution in [2.75, 3.05) is 11.6 Å². The van der Waals surface area contributed by atoms with Gasteiger partial charge < -0.3 is 0 Å². The van der Waals surface area contributed by atoms with E-state index in [1.54, 1.807) is 60.7 Å². The molecule has 0 radical (unpaired) electrons. The number of carbonyl (C=O) groups excluding carboxylic acids is 3. The molecule has 0 atom stereocenters. The first-order valence-electron chi connectivity index (χ1n) is 8.74. The van der Waals surface area contributed by atoms with Crippen LogP contribution in [0.1, 0.15) is 31.1 Å². The van der Waals surface area contributed by atoms with E-state index in [9.17, 15) is 14.4 Å². The van der Waals surface area contributed by atoms with E-state index < -0.39 is 11.8 Å². The third-order valence-corrected chi connectivity index (χ3v) is 5.61. The van der Waals surface area contributed by atoms with Gasteiger partial charge in [-0.25, -0.2) is 0 Å². The van der Waals surface area contributed by atoms with Crippen LogP contribution < -0.4 is 4.90 Å². The molecule has 7 heteroatoms. The van der Waals surface area contributed by atoms with Crippen molar-refractivity contribution in [2.45, 2.75) is 0 Å². The molecule has 144 valence electrons. The quantitative estimate of drug-likeness (QED) is 0.368. The van der Waals surface area contributed by atoms with E-state index in [-0.39, 0.29) is 12.6 Å². The van der Waals surface area contributed by atoms with E-state index in [1.165, 1.54) is 4.90 Å². The van der Waals surface area contributed by atoms with Gasteiger partial charge in [-0.05, 0) is 83.3 Å². The Balaban J connectivity index is 1.70. The van der Waals surface area contributed by atoms with Gasteiger partial charge in [-0.3, -0.25) is 24.2 Å². The van der Waals surface area contributed by atoms with Crippen LogP contribution in [0.25, 0.3) is 0 Å². The lowest BCUT2D eigenvalue weighted by Crippen LogP contribution is -2.44. The van der Waals surface area contributed by atoms with E-state index >= 15 is 0 Å². The SMILES string of the molecule is O=C1c2ccccc2C(=O)N1CN(C(=O)c1ccc(Cl)cc1)c1ccc(I)cc1. The smallest absolute Gasteiger partial charge is 0.263 e. The number of rotatable bonds is 4. The van der Waals surface area contributed by atoms with Crippen LogP contribution in [0.3, 0.4) is 0 Å². The largest absolute Gasteiger partial charge is 0.290 e. The number of benzene rings is 3. The molecule has 0 N–H and O–H groups in total. The maximum absolute atomic E-state index is 13.2. The van der Waals surface area contributed by atoms with Crippen molar-refractivity contribution in [1.29, 1.82) is 0 Å². The summed E-state index contributed by atoms with van der Waals surface area (Å²) in [4.78, 5) is 41.3. The van der Waals surface area contributed by atoms with E-state index in [0.29, 0.717) is 27.4 Å². The van der Waals surface area contributed by atoms with Gasteiger partial charge in [0.2, 0.25) is 0 Å². The fourth-order valence-corrected chi connectivity index (χ4v) is 3.63. The van der Waals surface area contributed by atoms with Gasteiger partial charge in [-0.2, -0.15) is 0 Å². The molecule has 5 nitrogen and oxygen atoms in total. The number of imide groups is 1. The van der Waals surface area contributed by atoms with E-state index in [1.807, 2.05) is 12.1 Å². The Morgan fingerprint density at radius 2 is 1.41 bits per heavy atom. The van der Waals surface area contributed by atoms with Gasteiger partial charge in [0.25, 0.3) is 17.7 Å². The summed E-state index contributed by atoms with van der Waals surface area (Å²) in [5.41, 5.74) is 1.68. The van der Waals surface area contributed by atoms with Crippen LogP contribution in [-0.2, 0) is 0 Å². The van der Waals surface area contributed by atoms with Crippen molar-refractivity contribution in [3.63, 3.8) is 0 Å². The molecular weight excluding hydrogens is 503 g/mol. The molecule has 0 aliphatic carbocycles. The predicted octanol–water partition coefficient (Wildman–Crippen LogP) is 4.85. The summed E-state index contributed by atoms with van der Waals surface area (Å²) >= 11 is 8.11. The molecule has 4 rings (SSSR count). The van der Waals surface area contributed by atoms with Crippen molar-refractivity contribution < 1.29 is 14.4 Å². The van der Waals surface area contributed by atoms with E-state index in [2.05, 4.69) is 22.6 Å². The first-order chi connectivity index (χ1) is 14.0. The molecule has 0 saturated carbocycles. The van der Waals surface area contributed by atoms with Gasteiger partial charge in [-0.15, -0.1) is 0 Å². The fraction of sp³-hybridized carbons (Fsp3) is 0.0455. The monoisotopic (exact) mass is 516 g/mol. The van der Waals surface area contributed by atoms with Crippen molar-refractivity contribution in [3.05, 3.63) is 98.1 Å². The van der Waals surface area contributed by atoms with Gasteiger partial charge >= 0.3 is 0 Å². The van der Waals surface area contributed by atoms with Gasteiger partial charge in [0.1, 0.15) is 6.67 Å². The highest BCUT2D eigenvalue weighted by Crippen LogP contribution is 2.26. The van der Waals surface area contributed by atoms with Gasteiger partial charge in [-0.1, -0.05) is 23.7 Å². The minimum absolute atomic E-state index is 0.186. The Bertz CT molecular complexity index is 1080. The summed E-state index contributed by atoms with van der Waals surface area (Å²) in [7, 11) is 0. The summed E-state index contributed by atoms with van der Waals surface area (Å²) < 4.78 is 1.01. The van der Waals surface area contributed by atoms with Crippen LogP contribution in [0.5, 0.6) is 0 Å². The van der Waals surface area contributed by atoms with Crippen LogP contribution in [0.15, 0.2) is 72.8 Å². The molecule has 0 spiro atoms.